The van der Waals surface area contributed by atoms with E-state index >= 15 is 0 Å². The van der Waals surface area contributed by atoms with Gasteiger partial charge in [-0.25, -0.2) is 4.79 Å². The number of hydrogen-bond acceptors (Lipinski definition) is 2. The van der Waals surface area contributed by atoms with E-state index in [0.29, 0.717) is 19.2 Å². The first-order chi connectivity index (χ1) is 8.24. The highest BCUT2D eigenvalue weighted by Crippen LogP contribution is 2.34. The maximum Gasteiger partial charge on any atom is 0.322 e. The molecule has 0 radical (unpaired) electrons. The molecule has 1 heterocycles. The van der Waals surface area contributed by atoms with E-state index in [2.05, 4.69) is 21.2 Å². The number of hydrogen-bond donors (Lipinski definition) is 1. The van der Waals surface area contributed by atoms with E-state index in [4.69, 9.17) is 4.74 Å². The number of benzene rings is 1. The number of amides is 2. The predicted molar refractivity (Wildman–Crippen MR) is 68.5 cm³/mol. The Morgan fingerprint density at radius 3 is 3.06 bits per heavy atom. The zero-order valence-electron chi connectivity index (χ0n) is 9.28. The molecule has 0 bridgehead atoms. The van der Waals surface area contributed by atoms with Crippen LogP contribution in [0.5, 0.6) is 5.75 Å². The molecule has 3 rings (SSSR count). The highest BCUT2D eigenvalue weighted by molar-refractivity contribution is 9.10. The van der Waals surface area contributed by atoms with Crippen molar-refractivity contribution in [3.05, 3.63) is 22.7 Å². The fourth-order valence-electron chi connectivity index (χ4n) is 1.89. The number of nitrogens with one attached hydrogen (secondary N) is 1. The van der Waals surface area contributed by atoms with Gasteiger partial charge in [-0.15, -0.1) is 0 Å². The molecule has 1 aliphatic carbocycles. The molecule has 1 aliphatic heterocycles. The summed E-state index contributed by atoms with van der Waals surface area (Å²) in [6.45, 7) is 1.15. The summed E-state index contributed by atoms with van der Waals surface area (Å²) in [6, 6.07) is 6.09. The molecular formula is C12H13BrN2O2. The minimum absolute atomic E-state index is 0.0145. The number of fused-ring (bicyclic) bond motifs is 1. The Morgan fingerprint density at radius 2 is 2.29 bits per heavy atom. The molecule has 1 aromatic rings. The van der Waals surface area contributed by atoms with Crippen LogP contribution in [0.25, 0.3) is 0 Å². The van der Waals surface area contributed by atoms with Gasteiger partial charge in [-0.1, -0.05) is 15.9 Å². The summed E-state index contributed by atoms with van der Waals surface area (Å²) < 4.78 is 6.51. The summed E-state index contributed by atoms with van der Waals surface area (Å²) >= 11 is 3.40. The monoisotopic (exact) mass is 296 g/mol. The minimum Gasteiger partial charge on any atom is -0.489 e. The van der Waals surface area contributed by atoms with E-state index in [9.17, 15) is 4.79 Å². The van der Waals surface area contributed by atoms with Crippen LogP contribution in [-0.2, 0) is 0 Å². The normalized spacial score (nSPS) is 18.3. The molecule has 0 saturated heterocycles. The zero-order chi connectivity index (χ0) is 11.8. The molecule has 2 aliphatic rings. The topological polar surface area (TPSA) is 41.6 Å². The van der Waals surface area contributed by atoms with E-state index in [-0.39, 0.29) is 6.03 Å². The van der Waals surface area contributed by atoms with Crippen molar-refractivity contribution in [1.29, 1.82) is 0 Å². The Balaban J connectivity index is 1.85. The van der Waals surface area contributed by atoms with Gasteiger partial charge >= 0.3 is 6.03 Å². The summed E-state index contributed by atoms with van der Waals surface area (Å²) in [5.74, 6) is 0.761. The van der Waals surface area contributed by atoms with Crippen LogP contribution in [0.3, 0.4) is 0 Å². The summed E-state index contributed by atoms with van der Waals surface area (Å²) in [7, 11) is 0. The third-order valence-electron chi connectivity index (χ3n) is 2.94. The van der Waals surface area contributed by atoms with Crippen molar-refractivity contribution in [2.24, 2.45) is 0 Å². The first-order valence-electron chi connectivity index (χ1n) is 5.74. The molecule has 0 spiro atoms. The molecule has 0 aromatic heterocycles. The lowest BCUT2D eigenvalue weighted by molar-refractivity contribution is 0.239. The first kappa shape index (κ1) is 10.9. The third-order valence-corrected chi connectivity index (χ3v) is 3.43. The van der Waals surface area contributed by atoms with Crippen molar-refractivity contribution in [3.63, 3.8) is 0 Å². The van der Waals surface area contributed by atoms with E-state index in [1.54, 1.807) is 4.90 Å². The molecule has 1 N–H and O–H groups in total. The Labute approximate surface area is 108 Å². The van der Waals surface area contributed by atoms with Gasteiger partial charge < -0.3 is 10.1 Å². The van der Waals surface area contributed by atoms with Crippen LogP contribution in [0.15, 0.2) is 22.7 Å². The standard InChI is InChI=1S/C12H13BrN2O2/c13-8-1-4-10-11(7-8)17-6-5-15(10)12(16)14-9-2-3-9/h1,4,7,9H,2-3,5-6H2,(H,14,16). The van der Waals surface area contributed by atoms with Crippen LogP contribution in [-0.4, -0.2) is 25.2 Å². The van der Waals surface area contributed by atoms with Crippen molar-refractivity contribution < 1.29 is 9.53 Å². The SMILES string of the molecule is O=C(NC1CC1)N1CCOc2cc(Br)ccc21. The van der Waals surface area contributed by atoms with Crippen molar-refractivity contribution >= 4 is 27.6 Å². The second-order valence-corrected chi connectivity index (χ2v) is 5.25. The van der Waals surface area contributed by atoms with Gasteiger partial charge in [0.25, 0.3) is 0 Å². The van der Waals surface area contributed by atoms with Gasteiger partial charge in [-0.2, -0.15) is 0 Å². The van der Waals surface area contributed by atoms with Crippen LogP contribution in [0.4, 0.5) is 10.5 Å². The maximum atomic E-state index is 12.0. The van der Waals surface area contributed by atoms with Crippen LogP contribution < -0.4 is 15.0 Å². The van der Waals surface area contributed by atoms with Gasteiger partial charge in [0.05, 0.1) is 12.2 Å². The second kappa shape index (κ2) is 4.22. The molecular weight excluding hydrogens is 284 g/mol. The molecule has 0 atom stereocenters. The third kappa shape index (κ3) is 2.24. The zero-order valence-corrected chi connectivity index (χ0v) is 10.9. The lowest BCUT2D eigenvalue weighted by atomic mass is 10.2. The number of rotatable bonds is 1. The highest BCUT2D eigenvalue weighted by atomic mass is 79.9. The van der Waals surface area contributed by atoms with Gasteiger partial charge in [-0.3, -0.25) is 4.90 Å². The molecule has 1 aromatic carbocycles. The number of carbonyl (C=O) groups excluding carboxylic acids is 1. The average molecular weight is 297 g/mol. The molecule has 5 heteroatoms. The maximum absolute atomic E-state index is 12.0. The lowest BCUT2D eigenvalue weighted by Gasteiger charge is -2.29. The molecule has 1 fully saturated rings. The van der Waals surface area contributed by atoms with E-state index in [1.807, 2.05) is 18.2 Å². The molecule has 1 saturated carbocycles. The van der Waals surface area contributed by atoms with E-state index in [1.165, 1.54) is 0 Å². The molecule has 17 heavy (non-hydrogen) atoms. The van der Waals surface area contributed by atoms with Crippen LogP contribution in [0.1, 0.15) is 12.8 Å². The quantitative estimate of drug-likeness (QED) is 0.865. The Kier molecular flexibility index (Phi) is 2.70. The van der Waals surface area contributed by atoms with Crippen molar-refractivity contribution in [2.45, 2.75) is 18.9 Å². The highest BCUT2D eigenvalue weighted by Gasteiger charge is 2.29. The van der Waals surface area contributed by atoms with Crippen LogP contribution in [0, 0.1) is 0 Å². The van der Waals surface area contributed by atoms with Crippen LogP contribution >= 0.6 is 15.9 Å². The predicted octanol–water partition coefficient (Wildman–Crippen LogP) is 2.52. The fourth-order valence-corrected chi connectivity index (χ4v) is 2.23. The van der Waals surface area contributed by atoms with E-state index < -0.39 is 0 Å². The van der Waals surface area contributed by atoms with Crippen molar-refractivity contribution in [3.8, 4) is 5.75 Å². The Bertz CT molecular complexity index is 460. The van der Waals surface area contributed by atoms with Crippen molar-refractivity contribution in [1.82, 2.24) is 5.32 Å². The summed E-state index contributed by atoms with van der Waals surface area (Å²) in [6.07, 6.45) is 2.20. The number of carbonyl (C=O) groups is 1. The number of nitrogens with zero attached hydrogens (tertiary/aromatic N) is 1. The van der Waals surface area contributed by atoms with Gasteiger partial charge in [0.1, 0.15) is 12.4 Å². The van der Waals surface area contributed by atoms with Crippen LogP contribution in [0.2, 0.25) is 0 Å². The lowest BCUT2D eigenvalue weighted by Crippen LogP contribution is -2.45. The first-order valence-corrected chi connectivity index (χ1v) is 6.54. The summed E-state index contributed by atoms with van der Waals surface area (Å²) in [4.78, 5) is 13.8. The molecule has 90 valence electrons. The fraction of sp³-hybridized carbons (Fsp3) is 0.417. The molecule has 4 nitrogen and oxygen atoms in total. The van der Waals surface area contributed by atoms with Gasteiger partial charge in [0.2, 0.25) is 0 Å². The van der Waals surface area contributed by atoms with E-state index in [0.717, 1.165) is 28.8 Å². The number of halogens is 1. The van der Waals surface area contributed by atoms with Crippen molar-refractivity contribution in [2.75, 3.05) is 18.1 Å². The smallest absolute Gasteiger partial charge is 0.322 e. The van der Waals surface area contributed by atoms with Gasteiger partial charge in [-0.05, 0) is 31.0 Å². The van der Waals surface area contributed by atoms with Gasteiger partial charge in [0, 0.05) is 10.5 Å². The molecule has 0 unspecified atom stereocenters. The largest absolute Gasteiger partial charge is 0.489 e. The Hall–Kier alpha value is -1.23. The second-order valence-electron chi connectivity index (χ2n) is 4.34. The Morgan fingerprint density at radius 1 is 1.47 bits per heavy atom. The number of anilines is 1. The van der Waals surface area contributed by atoms with Gasteiger partial charge in [0.15, 0.2) is 0 Å². The number of ether oxygens (including phenoxy) is 1. The summed E-state index contributed by atoms with van der Waals surface area (Å²) in [5, 5.41) is 3.00. The number of urea groups is 1. The summed E-state index contributed by atoms with van der Waals surface area (Å²) in [5.41, 5.74) is 0.845. The average Bonchev–Trinajstić information content (AvgIpc) is 3.11. The molecule has 2 amide bonds. The minimum atomic E-state index is -0.0145.